The second kappa shape index (κ2) is 13.0. The van der Waals surface area contributed by atoms with Crippen LogP contribution in [0.25, 0.3) is 0 Å². The van der Waals surface area contributed by atoms with Gasteiger partial charge in [0.05, 0.1) is 6.33 Å². The highest BCUT2D eigenvalue weighted by Gasteiger charge is 2.05. The van der Waals surface area contributed by atoms with Crippen molar-refractivity contribution < 1.29 is 0 Å². The van der Waals surface area contributed by atoms with Crippen LogP contribution in [-0.4, -0.2) is 42.2 Å². The van der Waals surface area contributed by atoms with Gasteiger partial charge in [0.1, 0.15) is 0 Å². The molecule has 0 atom stereocenters. The summed E-state index contributed by atoms with van der Waals surface area (Å²) in [5.41, 5.74) is 5.03. The Balaban J connectivity index is 0.00000341. The van der Waals surface area contributed by atoms with Gasteiger partial charge < -0.3 is 20.1 Å². The summed E-state index contributed by atoms with van der Waals surface area (Å²) in [6.07, 6.45) is 5.62. The Morgan fingerprint density at radius 3 is 2.52 bits per heavy atom. The van der Waals surface area contributed by atoms with Crippen LogP contribution >= 0.6 is 24.0 Å². The smallest absolute Gasteiger partial charge is 0.191 e. The molecule has 31 heavy (non-hydrogen) atoms. The number of likely N-dealkylation sites (N-methyl/N-ethyl adjacent to an activating group) is 1. The third-order valence-electron chi connectivity index (χ3n) is 5.05. The molecule has 1 heterocycles. The molecule has 0 saturated heterocycles. The summed E-state index contributed by atoms with van der Waals surface area (Å²) in [6, 6.07) is 17.3. The zero-order chi connectivity index (χ0) is 21.2. The van der Waals surface area contributed by atoms with E-state index in [2.05, 4.69) is 92.5 Å². The summed E-state index contributed by atoms with van der Waals surface area (Å²) < 4.78 is 2.06. The van der Waals surface area contributed by atoms with Gasteiger partial charge in [-0.25, -0.2) is 4.98 Å². The summed E-state index contributed by atoms with van der Waals surface area (Å²) in [7, 11) is 1.81. The molecule has 2 aromatic carbocycles. The third kappa shape index (κ3) is 7.90. The fraction of sp³-hybridized carbons (Fsp3) is 0.333. The predicted molar refractivity (Wildman–Crippen MR) is 140 cm³/mol. The highest BCUT2D eigenvalue weighted by atomic mass is 127. The van der Waals surface area contributed by atoms with E-state index in [0.717, 1.165) is 38.7 Å². The molecule has 0 radical (unpaired) electrons. The van der Waals surface area contributed by atoms with E-state index in [4.69, 9.17) is 0 Å². The standard InChI is InChI=1S/C24H32N6.HI/c1-4-30(23-7-5-6-20(2)16-23)15-13-27-24(25-3)28-17-21-8-10-22(11-9-21)18-29-14-12-26-19-29;/h5-12,14,16,19H,4,13,15,17-18H2,1-3H3,(H2,25,27,28);1H. The average molecular weight is 532 g/mol. The van der Waals surface area contributed by atoms with Gasteiger partial charge in [-0.2, -0.15) is 0 Å². The highest BCUT2D eigenvalue weighted by Crippen LogP contribution is 2.15. The molecule has 0 aliphatic rings. The lowest BCUT2D eigenvalue weighted by molar-refractivity contribution is 0.749. The summed E-state index contributed by atoms with van der Waals surface area (Å²) in [6.45, 7) is 8.61. The molecule has 0 spiro atoms. The molecule has 0 fully saturated rings. The zero-order valence-corrected chi connectivity index (χ0v) is 20.9. The Morgan fingerprint density at radius 2 is 1.87 bits per heavy atom. The number of aliphatic imine (C=N–C) groups is 1. The minimum atomic E-state index is 0. The van der Waals surface area contributed by atoms with Gasteiger partial charge in [0.2, 0.25) is 0 Å². The van der Waals surface area contributed by atoms with Crippen molar-refractivity contribution in [3.63, 3.8) is 0 Å². The normalized spacial score (nSPS) is 11.0. The van der Waals surface area contributed by atoms with E-state index >= 15 is 0 Å². The average Bonchev–Trinajstić information content (AvgIpc) is 3.27. The molecule has 3 rings (SSSR count). The number of benzene rings is 2. The first kappa shape index (κ1) is 24.7. The van der Waals surface area contributed by atoms with Gasteiger partial charge in [-0.1, -0.05) is 36.4 Å². The number of halogens is 1. The number of hydrogen-bond donors (Lipinski definition) is 2. The third-order valence-corrected chi connectivity index (χ3v) is 5.05. The molecule has 1 aromatic heterocycles. The van der Waals surface area contributed by atoms with Gasteiger partial charge >= 0.3 is 0 Å². The topological polar surface area (TPSA) is 57.5 Å². The van der Waals surface area contributed by atoms with E-state index in [-0.39, 0.29) is 24.0 Å². The zero-order valence-electron chi connectivity index (χ0n) is 18.6. The number of anilines is 1. The van der Waals surface area contributed by atoms with Crippen LogP contribution in [0.2, 0.25) is 0 Å². The largest absolute Gasteiger partial charge is 0.370 e. The fourth-order valence-electron chi connectivity index (χ4n) is 3.36. The van der Waals surface area contributed by atoms with Crippen molar-refractivity contribution in [3.05, 3.63) is 83.9 Å². The molecule has 0 unspecified atom stereocenters. The lowest BCUT2D eigenvalue weighted by Gasteiger charge is -2.24. The quantitative estimate of drug-likeness (QED) is 0.248. The van der Waals surface area contributed by atoms with Gasteiger partial charge in [0.25, 0.3) is 0 Å². The summed E-state index contributed by atoms with van der Waals surface area (Å²) in [5, 5.41) is 6.81. The minimum absolute atomic E-state index is 0. The van der Waals surface area contributed by atoms with E-state index < -0.39 is 0 Å². The molecule has 7 heteroatoms. The number of aryl methyl sites for hydroxylation is 1. The van der Waals surface area contributed by atoms with Crippen molar-refractivity contribution in [2.24, 2.45) is 4.99 Å². The molecule has 0 aliphatic carbocycles. The van der Waals surface area contributed by atoms with Crippen molar-refractivity contribution in [1.29, 1.82) is 0 Å². The Labute approximate surface area is 202 Å². The first-order valence-corrected chi connectivity index (χ1v) is 10.5. The number of guanidine groups is 1. The predicted octanol–water partition coefficient (Wildman–Crippen LogP) is 4.05. The second-order valence-corrected chi connectivity index (χ2v) is 7.32. The number of aromatic nitrogens is 2. The maximum Gasteiger partial charge on any atom is 0.191 e. The summed E-state index contributed by atoms with van der Waals surface area (Å²) in [4.78, 5) is 10.8. The van der Waals surface area contributed by atoms with E-state index in [1.165, 1.54) is 22.4 Å². The van der Waals surface area contributed by atoms with Crippen LogP contribution in [0, 0.1) is 6.92 Å². The highest BCUT2D eigenvalue weighted by molar-refractivity contribution is 14.0. The maximum atomic E-state index is 4.35. The molecule has 6 nitrogen and oxygen atoms in total. The van der Waals surface area contributed by atoms with Crippen molar-refractivity contribution in [2.75, 3.05) is 31.6 Å². The molecule has 2 N–H and O–H groups in total. The summed E-state index contributed by atoms with van der Waals surface area (Å²) in [5.74, 6) is 0.817. The molecular weight excluding hydrogens is 499 g/mol. The van der Waals surface area contributed by atoms with Crippen LogP contribution in [0.4, 0.5) is 5.69 Å². The van der Waals surface area contributed by atoms with Crippen LogP contribution < -0.4 is 15.5 Å². The Kier molecular flexibility index (Phi) is 10.4. The van der Waals surface area contributed by atoms with Gasteiger partial charge in [-0.05, 0) is 42.7 Å². The van der Waals surface area contributed by atoms with E-state index in [1.54, 1.807) is 6.20 Å². The monoisotopic (exact) mass is 532 g/mol. The van der Waals surface area contributed by atoms with Gasteiger partial charge in [0, 0.05) is 57.9 Å². The van der Waals surface area contributed by atoms with Crippen LogP contribution in [0.15, 0.2) is 72.2 Å². The lowest BCUT2D eigenvalue weighted by atomic mass is 10.1. The molecule has 0 bridgehead atoms. The van der Waals surface area contributed by atoms with Crippen LogP contribution in [0.3, 0.4) is 0 Å². The number of imidazole rings is 1. The minimum Gasteiger partial charge on any atom is -0.370 e. The summed E-state index contributed by atoms with van der Waals surface area (Å²) >= 11 is 0. The van der Waals surface area contributed by atoms with Crippen LogP contribution in [-0.2, 0) is 13.1 Å². The van der Waals surface area contributed by atoms with Gasteiger partial charge in [-0.15, -0.1) is 24.0 Å². The lowest BCUT2D eigenvalue weighted by Crippen LogP contribution is -2.41. The molecule has 166 valence electrons. The van der Waals surface area contributed by atoms with Gasteiger partial charge in [0.15, 0.2) is 5.96 Å². The molecule has 0 amide bonds. The van der Waals surface area contributed by atoms with Crippen LogP contribution in [0.1, 0.15) is 23.6 Å². The van der Waals surface area contributed by atoms with Crippen molar-refractivity contribution in [1.82, 2.24) is 20.2 Å². The number of hydrogen-bond acceptors (Lipinski definition) is 3. The first-order valence-electron chi connectivity index (χ1n) is 10.5. The number of nitrogens with one attached hydrogen (secondary N) is 2. The molecular formula is C24H33IN6. The molecule has 0 saturated carbocycles. The Morgan fingerprint density at radius 1 is 1.10 bits per heavy atom. The Bertz CT molecular complexity index is 922. The van der Waals surface area contributed by atoms with Crippen molar-refractivity contribution in [3.8, 4) is 0 Å². The molecule has 3 aromatic rings. The van der Waals surface area contributed by atoms with E-state index in [0.29, 0.717) is 0 Å². The number of nitrogens with zero attached hydrogens (tertiary/aromatic N) is 4. The van der Waals surface area contributed by atoms with E-state index in [9.17, 15) is 0 Å². The maximum absolute atomic E-state index is 4.35. The van der Waals surface area contributed by atoms with Gasteiger partial charge in [-0.3, -0.25) is 4.99 Å². The first-order chi connectivity index (χ1) is 14.7. The second-order valence-electron chi connectivity index (χ2n) is 7.32. The van der Waals surface area contributed by atoms with Crippen LogP contribution in [0.5, 0.6) is 0 Å². The molecule has 0 aliphatic heterocycles. The SMILES string of the molecule is CCN(CCNC(=NC)NCc1ccc(Cn2ccnc2)cc1)c1cccc(C)c1.I. The van der Waals surface area contributed by atoms with E-state index in [1.807, 2.05) is 19.6 Å². The Hall–Kier alpha value is -2.55. The van der Waals surface area contributed by atoms with Crippen molar-refractivity contribution in [2.45, 2.75) is 26.9 Å². The van der Waals surface area contributed by atoms with Crippen molar-refractivity contribution >= 4 is 35.6 Å². The fourth-order valence-corrected chi connectivity index (χ4v) is 3.36. The number of rotatable bonds is 9.